The fraction of sp³-hybridized carbons (Fsp3) is 0. The lowest BCUT2D eigenvalue weighted by atomic mass is 10.2. The highest BCUT2D eigenvalue weighted by atomic mass is 35.5. The van der Waals surface area contributed by atoms with Gasteiger partial charge in [0.15, 0.2) is 0 Å². The summed E-state index contributed by atoms with van der Waals surface area (Å²) in [6.07, 6.45) is 0. The molecule has 0 aliphatic rings. The summed E-state index contributed by atoms with van der Waals surface area (Å²) in [6.45, 7) is 0. The van der Waals surface area contributed by atoms with Crippen LogP contribution in [0, 0.1) is 5.82 Å². The predicted molar refractivity (Wildman–Crippen MR) is 42.2 cm³/mol. The van der Waals surface area contributed by atoms with Crippen molar-refractivity contribution in [1.29, 1.82) is 0 Å². The average molecular weight is 190 g/mol. The molecule has 1 rings (SSSR count). The van der Waals surface area contributed by atoms with Gasteiger partial charge in [0.05, 0.1) is 0 Å². The average Bonchev–Trinajstić information content (AvgIpc) is 1.81. The van der Waals surface area contributed by atoms with Crippen molar-refractivity contribution in [2.45, 2.75) is 0 Å². The smallest absolute Gasteiger partial charge is 0.512 e. The van der Waals surface area contributed by atoms with Crippen LogP contribution >= 0.6 is 11.6 Å². The third-order valence-electron chi connectivity index (χ3n) is 1.08. The Morgan fingerprint density at radius 1 is 1.33 bits per heavy atom. The predicted octanol–water partition coefficient (Wildman–Crippen LogP) is 0.827. The van der Waals surface area contributed by atoms with E-state index in [-0.39, 0.29) is 10.8 Å². The van der Waals surface area contributed by atoms with Crippen LogP contribution in [0.1, 0.15) is 0 Å². The molecule has 1 aromatic carbocycles. The first-order chi connectivity index (χ1) is 5.58. The fourth-order valence-corrected chi connectivity index (χ4v) is 0.930. The number of rotatable bonds is 2. The van der Waals surface area contributed by atoms with E-state index in [9.17, 15) is 4.39 Å². The highest BCUT2D eigenvalue weighted by Gasteiger charge is 2.11. The molecule has 0 aliphatic carbocycles. The lowest BCUT2D eigenvalue weighted by Gasteiger charge is -2.04. The van der Waals surface area contributed by atoms with Crippen molar-refractivity contribution in [3.05, 3.63) is 29.0 Å². The molecule has 0 aromatic heterocycles. The van der Waals surface area contributed by atoms with Crippen molar-refractivity contribution < 1.29 is 19.1 Å². The first-order valence-corrected chi connectivity index (χ1v) is 3.44. The summed E-state index contributed by atoms with van der Waals surface area (Å²) in [5.41, 5.74) is 0. The monoisotopic (exact) mass is 190 g/mol. The quantitative estimate of drug-likeness (QED) is 0.679. The van der Waals surface area contributed by atoms with E-state index in [4.69, 9.17) is 21.6 Å². The Bertz CT molecular complexity index is 261. The molecule has 0 saturated heterocycles. The summed E-state index contributed by atoms with van der Waals surface area (Å²) in [5, 5.41) is 16.8. The van der Waals surface area contributed by atoms with Crippen LogP contribution in [0.5, 0.6) is 5.75 Å². The third kappa shape index (κ3) is 2.69. The zero-order valence-electron chi connectivity index (χ0n) is 5.87. The number of hydrogen-bond acceptors (Lipinski definition) is 3. The van der Waals surface area contributed by atoms with Gasteiger partial charge >= 0.3 is 7.32 Å². The number of hydrogen-bond donors (Lipinski definition) is 2. The van der Waals surface area contributed by atoms with Gasteiger partial charge in [-0.25, -0.2) is 4.39 Å². The topological polar surface area (TPSA) is 49.7 Å². The first-order valence-electron chi connectivity index (χ1n) is 3.07. The van der Waals surface area contributed by atoms with Crippen LogP contribution in [0.2, 0.25) is 5.02 Å². The number of benzene rings is 1. The molecular weight excluding hydrogens is 185 g/mol. The fourth-order valence-electron chi connectivity index (χ4n) is 0.718. The lowest BCUT2D eigenvalue weighted by molar-refractivity contribution is 0.287. The molecule has 0 aliphatic heterocycles. The van der Waals surface area contributed by atoms with E-state index >= 15 is 0 Å². The molecule has 0 atom stereocenters. The van der Waals surface area contributed by atoms with Gasteiger partial charge in [-0.05, 0) is 12.1 Å². The molecule has 64 valence electrons. The molecule has 0 radical (unpaired) electrons. The normalized spacial score (nSPS) is 9.67. The Labute approximate surface area is 73.5 Å². The van der Waals surface area contributed by atoms with Gasteiger partial charge < -0.3 is 14.7 Å². The van der Waals surface area contributed by atoms with Gasteiger partial charge in [0.2, 0.25) is 0 Å². The Morgan fingerprint density at radius 2 is 2.00 bits per heavy atom. The number of halogens is 2. The maximum atomic E-state index is 12.6. The summed E-state index contributed by atoms with van der Waals surface area (Å²) >= 11 is 5.45. The van der Waals surface area contributed by atoms with Crippen LogP contribution < -0.4 is 4.65 Å². The van der Waals surface area contributed by atoms with E-state index in [1.54, 1.807) is 0 Å². The molecule has 0 heterocycles. The Balaban J connectivity index is 2.85. The van der Waals surface area contributed by atoms with Crippen LogP contribution in [-0.4, -0.2) is 17.4 Å². The van der Waals surface area contributed by atoms with Crippen LogP contribution in [0.3, 0.4) is 0 Å². The van der Waals surface area contributed by atoms with Crippen LogP contribution in [-0.2, 0) is 0 Å². The minimum Gasteiger partial charge on any atom is -0.512 e. The van der Waals surface area contributed by atoms with Gasteiger partial charge in [0, 0.05) is 11.1 Å². The van der Waals surface area contributed by atoms with E-state index in [0.717, 1.165) is 12.1 Å². The Kier molecular flexibility index (Phi) is 2.91. The molecular formula is C6H5BClFO3. The second-order valence-electron chi connectivity index (χ2n) is 2.05. The van der Waals surface area contributed by atoms with Crippen molar-refractivity contribution in [2.75, 3.05) is 0 Å². The van der Waals surface area contributed by atoms with Crippen molar-refractivity contribution in [2.24, 2.45) is 0 Å². The second kappa shape index (κ2) is 3.75. The molecule has 0 fully saturated rings. The summed E-state index contributed by atoms with van der Waals surface area (Å²) in [7, 11) is -1.97. The molecule has 0 amide bonds. The van der Waals surface area contributed by atoms with Gasteiger partial charge in [0.25, 0.3) is 0 Å². The summed E-state index contributed by atoms with van der Waals surface area (Å²) in [4.78, 5) is 0. The maximum absolute atomic E-state index is 12.6. The Morgan fingerprint density at radius 3 is 2.50 bits per heavy atom. The summed E-state index contributed by atoms with van der Waals surface area (Å²) in [6, 6.07) is 3.34. The van der Waals surface area contributed by atoms with Crippen LogP contribution in [0.15, 0.2) is 18.2 Å². The summed E-state index contributed by atoms with van der Waals surface area (Å²) in [5.74, 6) is -0.631. The van der Waals surface area contributed by atoms with E-state index in [1.807, 2.05) is 0 Å². The minimum absolute atomic E-state index is 0.0324. The van der Waals surface area contributed by atoms with Gasteiger partial charge in [-0.15, -0.1) is 0 Å². The molecule has 12 heavy (non-hydrogen) atoms. The van der Waals surface area contributed by atoms with E-state index in [0.29, 0.717) is 0 Å². The molecule has 6 heteroatoms. The lowest BCUT2D eigenvalue weighted by Crippen LogP contribution is -2.20. The molecule has 3 nitrogen and oxygen atoms in total. The molecule has 1 aromatic rings. The van der Waals surface area contributed by atoms with Crippen molar-refractivity contribution in [1.82, 2.24) is 0 Å². The van der Waals surface area contributed by atoms with E-state index < -0.39 is 13.1 Å². The van der Waals surface area contributed by atoms with E-state index in [1.165, 1.54) is 6.07 Å². The van der Waals surface area contributed by atoms with Crippen molar-refractivity contribution in [3.8, 4) is 5.75 Å². The largest absolute Gasteiger partial charge is 0.707 e. The third-order valence-corrected chi connectivity index (χ3v) is 1.30. The summed E-state index contributed by atoms with van der Waals surface area (Å²) < 4.78 is 16.9. The van der Waals surface area contributed by atoms with Gasteiger partial charge in [-0.3, -0.25) is 0 Å². The van der Waals surface area contributed by atoms with E-state index in [2.05, 4.69) is 4.65 Å². The first kappa shape index (κ1) is 9.31. The van der Waals surface area contributed by atoms with Gasteiger partial charge in [0.1, 0.15) is 11.6 Å². The molecule has 0 bridgehead atoms. The molecule has 0 unspecified atom stereocenters. The standard InChI is InChI=1S/C6H5BClFO3/c8-4-1-5(9)3-6(2-4)12-7(10)11/h1-3,10-11H. The second-order valence-corrected chi connectivity index (χ2v) is 2.49. The van der Waals surface area contributed by atoms with Crippen LogP contribution in [0.25, 0.3) is 0 Å². The highest BCUT2D eigenvalue weighted by molar-refractivity contribution is 6.34. The van der Waals surface area contributed by atoms with Crippen molar-refractivity contribution in [3.63, 3.8) is 0 Å². The molecule has 2 N–H and O–H groups in total. The maximum Gasteiger partial charge on any atom is 0.707 e. The zero-order chi connectivity index (χ0) is 9.14. The van der Waals surface area contributed by atoms with Crippen LogP contribution in [0.4, 0.5) is 4.39 Å². The van der Waals surface area contributed by atoms with Crippen molar-refractivity contribution >= 4 is 18.9 Å². The zero-order valence-corrected chi connectivity index (χ0v) is 6.62. The van der Waals surface area contributed by atoms with Gasteiger partial charge in [-0.1, -0.05) is 11.6 Å². The molecule has 0 spiro atoms. The minimum atomic E-state index is -1.97. The van der Waals surface area contributed by atoms with Gasteiger partial charge in [-0.2, -0.15) is 0 Å². The highest BCUT2D eigenvalue weighted by Crippen LogP contribution is 2.19. The Hall–Kier alpha value is -0.775. The molecule has 0 saturated carbocycles. The SMILES string of the molecule is OB(O)Oc1cc(F)cc(Cl)c1.